The number of hydrogen-bond donors (Lipinski definition) is 0. The molecule has 1 amide bonds. The zero-order valence-electron chi connectivity index (χ0n) is 14.3. The highest BCUT2D eigenvalue weighted by molar-refractivity contribution is 5.90. The minimum Gasteiger partial charge on any atom is -0.494 e. The summed E-state index contributed by atoms with van der Waals surface area (Å²) in [5.41, 5.74) is 0.897. The van der Waals surface area contributed by atoms with Crippen molar-refractivity contribution in [3.05, 3.63) is 24.3 Å². The van der Waals surface area contributed by atoms with E-state index in [0.29, 0.717) is 0 Å². The molecule has 1 saturated carbocycles. The fraction of sp³-hybridized carbons (Fsp3) is 0.632. The summed E-state index contributed by atoms with van der Waals surface area (Å²) in [5, 5.41) is 0. The number of anilines is 1. The van der Waals surface area contributed by atoms with Crippen LogP contribution in [0.15, 0.2) is 24.3 Å². The summed E-state index contributed by atoms with van der Waals surface area (Å²) < 4.78 is 5.84. The summed E-state index contributed by atoms with van der Waals surface area (Å²) in [6.07, 6.45) is 6.74. The van der Waals surface area contributed by atoms with Crippen LogP contribution in [0.3, 0.4) is 0 Å². The molecular weight excluding hydrogens is 288 g/mol. The smallest absolute Gasteiger partial charge is 0.223 e. The highest BCUT2D eigenvalue weighted by Crippen LogP contribution is 2.37. The van der Waals surface area contributed by atoms with Gasteiger partial charge in [0.2, 0.25) is 5.91 Å². The molecule has 1 aliphatic heterocycles. The molecule has 0 N–H and O–H groups in total. The summed E-state index contributed by atoms with van der Waals surface area (Å²) in [7, 11) is 1.78. The van der Waals surface area contributed by atoms with Crippen LogP contribution in [0.2, 0.25) is 0 Å². The number of likely N-dealkylation sites (tertiary alicyclic amines) is 1. The second kappa shape index (κ2) is 7.35. The van der Waals surface area contributed by atoms with Gasteiger partial charge >= 0.3 is 0 Å². The Morgan fingerprint density at radius 3 is 2.78 bits per heavy atom. The number of fused-ring (bicyclic) bond motifs is 1. The number of ether oxygens (including phenoxy) is 1. The minimum absolute atomic E-state index is 0.0366. The highest BCUT2D eigenvalue weighted by atomic mass is 16.5. The molecule has 0 spiro atoms. The summed E-state index contributed by atoms with van der Waals surface area (Å²) in [6, 6.07) is 8.60. The zero-order valence-corrected chi connectivity index (χ0v) is 14.3. The maximum atomic E-state index is 11.3. The average Bonchev–Trinajstić information content (AvgIpc) is 3.15. The van der Waals surface area contributed by atoms with Gasteiger partial charge < -0.3 is 9.64 Å². The molecule has 0 bridgehead atoms. The Balaban J connectivity index is 1.40. The summed E-state index contributed by atoms with van der Waals surface area (Å²) in [5.74, 6) is 1.89. The van der Waals surface area contributed by atoms with Gasteiger partial charge in [-0.15, -0.1) is 0 Å². The van der Waals surface area contributed by atoms with Crippen molar-refractivity contribution < 1.29 is 9.53 Å². The first kappa shape index (κ1) is 16.3. The normalized spacial score (nSPS) is 23.7. The fourth-order valence-electron chi connectivity index (χ4n) is 4.02. The monoisotopic (exact) mass is 316 g/mol. The molecule has 126 valence electrons. The molecule has 3 rings (SSSR count). The third-order valence-corrected chi connectivity index (χ3v) is 5.43. The van der Waals surface area contributed by atoms with Crippen molar-refractivity contribution in [2.75, 3.05) is 31.6 Å². The predicted molar refractivity (Wildman–Crippen MR) is 93.0 cm³/mol. The predicted octanol–water partition coefficient (Wildman–Crippen LogP) is 3.31. The molecule has 2 fully saturated rings. The first-order valence-corrected chi connectivity index (χ1v) is 8.86. The third-order valence-electron chi connectivity index (χ3n) is 5.43. The lowest BCUT2D eigenvalue weighted by Crippen LogP contribution is -2.31. The average molecular weight is 316 g/mol. The second-order valence-electron chi connectivity index (χ2n) is 6.86. The largest absolute Gasteiger partial charge is 0.494 e. The molecule has 1 aromatic carbocycles. The van der Waals surface area contributed by atoms with Gasteiger partial charge in [-0.2, -0.15) is 0 Å². The van der Waals surface area contributed by atoms with Gasteiger partial charge in [0.25, 0.3) is 0 Å². The molecule has 1 aliphatic carbocycles. The van der Waals surface area contributed by atoms with E-state index >= 15 is 0 Å². The van der Waals surface area contributed by atoms with Crippen molar-refractivity contribution >= 4 is 11.6 Å². The lowest BCUT2D eigenvalue weighted by atomic mass is 10.0. The van der Waals surface area contributed by atoms with Crippen LogP contribution in [0.1, 0.15) is 39.0 Å². The molecule has 0 aromatic heterocycles. The van der Waals surface area contributed by atoms with Crippen LogP contribution < -0.4 is 9.64 Å². The van der Waals surface area contributed by atoms with E-state index < -0.39 is 0 Å². The summed E-state index contributed by atoms with van der Waals surface area (Å²) in [6.45, 7) is 4.77. The SMILES string of the molecule is CC(=O)N(C)c1ccc(OCCCN2CC[C@@H]3CCC[C@@H]32)cc1. The van der Waals surface area contributed by atoms with Gasteiger partial charge in [0, 0.05) is 32.2 Å². The van der Waals surface area contributed by atoms with Crippen molar-refractivity contribution in [1.29, 1.82) is 0 Å². The molecule has 2 atom stereocenters. The summed E-state index contributed by atoms with van der Waals surface area (Å²) in [4.78, 5) is 15.6. The van der Waals surface area contributed by atoms with E-state index in [-0.39, 0.29) is 5.91 Å². The van der Waals surface area contributed by atoms with Crippen LogP contribution in [-0.2, 0) is 4.79 Å². The number of hydrogen-bond acceptors (Lipinski definition) is 3. The van der Waals surface area contributed by atoms with Gasteiger partial charge in [0.1, 0.15) is 5.75 Å². The number of carbonyl (C=O) groups is 1. The van der Waals surface area contributed by atoms with E-state index in [9.17, 15) is 4.79 Å². The van der Waals surface area contributed by atoms with Crippen molar-refractivity contribution in [2.24, 2.45) is 5.92 Å². The Bertz CT molecular complexity index is 529. The molecular formula is C19H28N2O2. The minimum atomic E-state index is 0.0366. The first-order valence-electron chi connectivity index (χ1n) is 8.86. The molecule has 4 nitrogen and oxygen atoms in total. The van der Waals surface area contributed by atoms with E-state index in [4.69, 9.17) is 4.74 Å². The lowest BCUT2D eigenvalue weighted by Gasteiger charge is -2.23. The van der Waals surface area contributed by atoms with Gasteiger partial charge in [-0.3, -0.25) is 9.69 Å². The topological polar surface area (TPSA) is 32.8 Å². The van der Waals surface area contributed by atoms with Crippen LogP contribution in [0.4, 0.5) is 5.69 Å². The summed E-state index contributed by atoms with van der Waals surface area (Å²) >= 11 is 0. The molecule has 0 unspecified atom stereocenters. The zero-order chi connectivity index (χ0) is 16.2. The van der Waals surface area contributed by atoms with Crippen LogP contribution in [0.5, 0.6) is 5.75 Å². The molecule has 0 radical (unpaired) electrons. The van der Waals surface area contributed by atoms with Crippen molar-refractivity contribution in [1.82, 2.24) is 4.90 Å². The number of carbonyl (C=O) groups excluding carboxylic acids is 1. The van der Waals surface area contributed by atoms with Gasteiger partial charge in [-0.25, -0.2) is 0 Å². The Labute approximate surface area is 139 Å². The molecule has 1 heterocycles. The number of nitrogens with zero attached hydrogens (tertiary/aromatic N) is 2. The first-order chi connectivity index (χ1) is 11.1. The van der Waals surface area contributed by atoms with E-state index in [1.807, 2.05) is 24.3 Å². The Kier molecular flexibility index (Phi) is 5.21. The van der Waals surface area contributed by atoms with Crippen LogP contribution in [0.25, 0.3) is 0 Å². The number of rotatable bonds is 6. The van der Waals surface area contributed by atoms with Crippen molar-refractivity contribution in [3.63, 3.8) is 0 Å². The van der Waals surface area contributed by atoms with E-state index in [1.165, 1.54) is 32.2 Å². The molecule has 1 saturated heterocycles. The van der Waals surface area contributed by atoms with Gasteiger partial charge in [-0.1, -0.05) is 6.42 Å². The van der Waals surface area contributed by atoms with E-state index in [2.05, 4.69) is 4.90 Å². The fourth-order valence-corrected chi connectivity index (χ4v) is 4.02. The third kappa shape index (κ3) is 3.86. The maximum Gasteiger partial charge on any atom is 0.223 e. The maximum absolute atomic E-state index is 11.3. The van der Waals surface area contributed by atoms with E-state index in [1.54, 1.807) is 18.9 Å². The molecule has 4 heteroatoms. The standard InChI is InChI=1S/C19H28N2O2/c1-15(22)20(2)17-7-9-18(10-8-17)23-14-4-12-21-13-11-16-5-3-6-19(16)21/h7-10,16,19H,3-6,11-14H2,1-2H3/t16-,19-/m0/s1. The lowest BCUT2D eigenvalue weighted by molar-refractivity contribution is -0.116. The van der Waals surface area contributed by atoms with Gasteiger partial charge in [0.05, 0.1) is 6.61 Å². The van der Waals surface area contributed by atoms with Crippen molar-refractivity contribution in [3.8, 4) is 5.75 Å². The van der Waals surface area contributed by atoms with Crippen LogP contribution >= 0.6 is 0 Å². The van der Waals surface area contributed by atoms with E-state index in [0.717, 1.165) is 43.0 Å². The number of benzene rings is 1. The Morgan fingerprint density at radius 2 is 2.04 bits per heavy atom. The highest BCUT2D eigenvalue weighted by Gasteiger charge is 2.36. The van der Waals surface area contributed by atoms with Crippen LogP contribution in [0, 0.1) is 5.92 Å². The quantitative estimate of drug-likeness (QED) is 0.755. The van der Waals surface area contributed by atoms with Gasteiger partial charge in [-0.05, 0) is 62.4 Å². The second-order valence-corrected chi connectivity index (χ2v) is 6.86. The Hall–Kier alpha value is -1.55. The van der Waals surface area contributed by atoms with Gasteiger partial charge in [0.15, 0.2) is 0 Å². The molecule has 23 heavy (non-hydrogen) atoms. The number of amides is 1. The Morgan fingerprint density at radius 1 is 1.26 bits per heavy atom. The molecule has 2 aliphatic rings. The van der Waals surface area contributed by atoms with Crippen LogP contribution in [-0.4, -0.2) is 43.6 Å². The molecule has 1 aromatic rings. The van der Waals surface area contributed by atoms with Crippen molar-refractivity contribution in [2.45, 2.75) is 45.1 Å².